The maximum Gasteiger partial charge on any atom is 0.312 e. The van der Waals surface area contributed by atoms with Gasteiger partial charge in [0.15, 0.2) is 11.5 Å². The smallest absolute Gasteiger partial charge is 0.312 e. The van der Waals surface area contributed by atoms with E-state index in [-0.39, 0.29) is 11.9 Å². The molecule has 7 nitrogen and oxygen atoms in total. The van der Waals surface area contributed by atoms with Crippen LogP contribution in [0.4, 0.5) is 5.82 Å². The van der Waals surface area contributed by atoms with Gasteiger partial charge in [-0.2, -0.15) is 4.52 Å². The Bertz CT molecular complexity index is 1140. The minimum Gasteiger partial charge on any atom is -0.460 e. The fraction of sp³-hybridized carbons (Fsp3) is 0.182. The molecule has 3 heterocycles. The Hall–Kier alpha value is -3.74. The van der Waals surface area contributed by atoms with E-state index in [0.29, 0.717) is 31.2 Å². The molecule has 0 atom stereocenters. The largest absolute Gasteiger partial charge is 0.460 e. The molecule has 1 saturated heterocycles. The number of fused-ring (bicyclic) bond motifs is 1. The molecular weight excluding hydrogens is 366 g/mol. The molecule has 0 saturated carbocycles. The van der Waals surface area contributed by atoms with Crippen molar-refractivity contribution in [2.75, 3.05) is 18.0 Å². The molecule has 0 amide bonds. The Morgan fingerprint density at radius 1 is 0.931 bits per heavy atom. The second-order valence-corrected chi connectivity index (χ2v) is 7.05. The molecule has 1 aliphatic heterocycles. The standard InChI is InChI=1S/C22H19N5O2/c28-22(29-15-16-7-3-1-4-8-16)18-13-26(14-18)20-12-11-19-23-24-21(27(19)25-20)17-9-5-2-6-10-17/h1-12,18H,13-15H2. The third kappa shape index (κ3) is 3.42. The maximum absolute atomic E-state index is 12.3. The molecule has 0 aliphatic carbocycles. The Morgan fingerprint density at radius 3 is 2.41 bits per heavy atom. The number of carbonyl (C=O) groups is 1. The summed E-state index contributed by atoms with van der Waals surface area (Å²) >= 11 is 0. The molecule has 1 aliphatic rings. The van der Waals surface area contributed by atoms with Gasteiger partial charge in [-0.25, -0.2) is 0 Å². The van der Waals surface area contributed by atoms with Crippen LogP contribution in [0.15, 0.2) is 72.8 Å². The van der Waals surface area contributed by atoms with Crippen molar-refractivity contribution in [3.63, 3.8) is 0 Å². The third-order valence-corrected chi connectivity index (χ3v) is 5.04. The molecule has 0 unspecified atom stereocenters. The molecule has 7 heteroatoms. The van der Waals surface area contributed by atoms with E-state index in [2.05, 4.69) is 20.2 Å². The van der Waals surface area contributed by atoms with Crippen LogP contribution in [0.5, 0.6) is 0 Å². The van der Waals surface area contributed by atoms with Crippen LogP contribution < -0.4 is 4.90 Å². The molecule has 0 radical (unpaired) electrons. The molecule has 0 spiro atoms. The van der Waals surface area contributed by atoms with Crippen molar-refractivity contribution in [1.82, 2.24) is 19.8 Å². The lowest BCUT2D eigenvalue weighted by Gasteiger charge is -2.38. The number of esters is 1. The summed E-state index contributed by atoms with van der Waals surface area (Å²) in [7, 11) is 0. The van der Waals surface area contributed by atoms with Gasteiger partial charge in [0.25, 0.3) is 0 Å². The van der Waals surface area contributed by atoms with Crippen LogP contribution >= 0.6 is 0 Å². The summed E-state index contributed by atoms with van der Waals surface area (Å²) in [6, 6.07) is 23.3. The first-order valence-corrected chi connectivity index (χ1v) is 9.51. The first-order chi connectivity index (χ1) is 14.3. The number of hydrogen-bond acceptors (Lipinski definition) is 6. The lowest BCUT2D eigenvalue weighted by atomic mass is 10.0. The molecule has 0 N–H and O–H groups in total. The fourth-order valence-corrected chi connectivity index (χ4v) is 3.38. The topological polar surface area (TPSA) is 72.6 Å². The summed E-state index contributed by atoms with van der Waals surface area (Å²) in [5.74, 6) is 1.19. The van der Waals surface area contributed by atoms with Gasteiger partial charge in [-0.05, 0) is 17.7 Å². The van der Waals surface area contributed by atoms with Crippen LogP contribution in [-0.2, 0) is 16.1 Å². The van der Waals surface area contributed by atoms with Crippen molar-refractivity contribution in [2.45, 2.75) is 6.61 Å². The maximum atomic E-state index is 12.3. The van der Waals surface area contributed by atoms with Gasteiger partial charge in [-0.3, -0.25) is 4.79 Å². The van der Waals surface area contributed by atoms with Crippen LogP contribution in [0.2, 0.25) is 0 Å². The Morgan fingerprint density at radius 2 is 1.66 bits per heavy atom. The van der Waals surface area contributed by atoms with E-state index in [9.17, 15) is 4.79 Å². The van der Waals surface area contributed by atoms with Crippen LogP contribution in [0.1, 0.15) is 5.56 Å². The van der Waals surface area contributed by atoms with Crippen molar-refractivity contribution in [1.29, 1.82) is 0 Å². The molecule has 5 rings (SSSR count). The van der Waals surface area contributed by atoms with Crippen molar-refractivity contribution in [2.24, 2.45) is 5.92 Å². The van der Waals surface area contributed by atoms with Crippen LogP contribution in [0.3, 0.4) is 0 Å². The molecular formula is C22H19N5O2. The lowest BCUT2D eigenvalue weighted by molar-refractivity contribution is -0.150. The molecule has 4 aromatic rings. The number of rotatable bonds is 5. The highest BCUT2D eigenvalue weighted by atomic mass is 16.5. The number of aromatic nitrogens is 4. The predicted molar refractivity (Wildman–Crippen MR) is 108 cm³/mol. The first kappa shape index (κ1) is 17.4. The summed E-state index contributed by atoms with van der Waals surface area (Å²) < 4.78 is 7.18. The van der Waals surface area contributed by atoms with Crippen molar-refractivity contribution < 1.29 is 9.53 Å². The number of anilines is 1. The van der Waals surface area contributed by atoms with Gasteiger partial charge in [0, 0.05) is 18.7 Å². The highest BCUT2D eigenvalue weighted by Gasteiger charge is 2.35. The van der Waals surface area contributed by atoms with Gasteiger partial charge in [0.05, 0.1) is 5.92 Å². The summed E-state index contributed by atoms with van der Waals surface area (Å²) in [4.78, 5) is 14.3. The minimum atomic E-state index is -0.166. The number of hydrogen-bond donors (Lipinski definition) is 0. The van der Waals surface area contributed by atoms with Crippen molar-refractivity contribution >= 4 is 17.4 Å². The number of benzene rings is 2. The molecule has 29 heavy (non-hydrogen) atoms. The van der Waals surface area contributed by atoms with Gasteiger partial charge in [0.1, 0.15) is 12.4 Å². The summed E-state index contributed by atoms with van der Waals surface area (Å²) in [5, 5.41) is 13.1. The molecule has 2 aromatic carbocycles. The van der Waals surface area contributed by atoms with Gasteiger partial charge in [-0.1, -0.05) is 60.7 Å². The Balaban J connectivity index is 1.26. The number of carbonyl (C=O) groups excluding carboxylic acids is 1. The zero-order valence-corrected chi connectivity index (χ0v) is 15.7. The van der Waals surface area contributed by atoms with Gasteiger partial charge < -0.3 is 9.64 Å². The predicted octanol–water partition coefficient (Wildman–Crippen LogP) is 2.97. The van der Waals surface area contributed by atoms with E-state index < -0.39 is 0 Å². The average Bonchev–Trinajstić information content (AvgIpc) is 3.16. The van der Waals surface area contributed by atoms with E-state index >= 15 is 0 Å². The van der Waals surface area contributed by atoms with E-state index in [1.165, 1.54) is 0 Å². The summed E-state index contributed by atoms with van der Waals surface area (Å²) in [5.41, 5.74) is 2.63. The second kappa shape index (κ2) is 7.35. The normalized spacial score (nSPS) is 14.0. The molecule has 144 valence electrons. The third-order valence-electron chi connectivity index (χ3n) is 5.04. The van der Waals surface area contributed by atoms with E-state index in [1.807, 2.05) is 72.8 Å². The highest BCUT2D eigenvalue weighted by molar-refractivity contribution is 5.76. The Labute approximate surface area is 167 Å². The fourth-order valence-electron chi connectivity index (χ4n) is 3.38. The van der Waals surface area contributed by atoms with Gasteiger partial charge in [-0.15, -0.1) is 15.3 Å². The molecule has 2 aromatic heterocycles. The SMILES string of the molecule is O=C(OCc1ccccc1)C1CN(c2ccc3nnc(-c4ccccc4)n3n2)C1. The van der Waals surface area contributed by atoms with E-state index in [1.54, 1.807) is 4.52 Å². The zero-order valence-electron chi connectivity index (χ0n) is 15.7. The summed E-state index contributed by atoms with van der Waals surface area (Å²) in [6.45, 7) is 1.49. The highest BCUT2D eigenvalue weighted by Crippen LogP contribution is 2.25. The van der Waals surface area contributed by atoms with E-state index in [4.69, 9.17) is 4.74 Å². The van der Waals surface area contributed by atoms with Crippen molar-refractivity contribution in [3.05, 3.63) is 78.4 Å². The zero-order chi connectivity index (χ0) is 19.6. The quantitative estimate of drug-likeness (QED) is 0.492. The van der Waals surface area contributed by atoms with Gasteiger partial charge >= 0.3 is 5.97 Å². The monoisotopic (exact) mass is 385 g/mol. The van der Waals surface area contributed by atoms with Crippen LogP contribution in [-0.4, -0.2) is 38.9 Å². The average molecular weight is 385 g/mol. The first-order valence-electron chi connectivity index (χ1n) is 9.51. The minimum absolute atomic E-state index is 0.134. The van der Waals surface area contributed by atoms with Gasteiger partial charge in [0.2, 0.25) is 0 Å². The van der Waals surface area contributed by atoms with Crippen molar-refractivity contribution in [3.8, 4) is 11.4 Å². The van der Waals surface area contributed by atoms with E-state index in [0.717, 1.165) is 16.9 Å². The summed E-state index contributed by atoms with van der Waals surface area (Å²) in [6.07, 6.45) is 0. The van der Waals surface area contributed by atoms with Crippen LogP contribution in [0.25, 0.3) is 17.0 Å². The second-order valence-electron chi connectivity index (χ2n) is 7.05. The molecule has 1 fully saturated rings. The number of nitrogens with zero attached hydrogens (tertiary/aromatic N) is 5. The van der Waals surface area contributed by atoms with Crippen LogP contribution in [0, 0.1) is 5.92 Å². The Kier molecular flexibility index (Phi) is 4.40. The number of ether oxygens (including phenoxy) is 1. The lowest BCUT2D eigenvalue weighted by Crippen LogP contribution is -2.51. The molecule has 0 bridgehead atoms.